The Morgan fingerprint density at radius 1 is 1.03 bits per heavy atom. The van der Waals surface area contributed by atoms with E-state index in [2.05, 4.69) is 15.5 Å². The third-order valence-electron chi connectivity index (χ3n) is 4.26. The second kappa shape index (κ2) is 9.32. The van der Waals surface area contributed by atoms with Gasteiger partial charge in [-0.1, -0.05) is 12.1 Å². The van der Waals surface area contributed by atoms with E-state index in [-0.39, 0.29) is 18.1 Å². The van der Waals surface area contributed by atoms with Crippen molar-refractivity contribution in [3.8, 4) is 23.0 Å². The zero-order chi connectivity index (χ0) is 20.8. The normalized spacial score (nSPS) is 10.7. The monoisotopic (exact) mass is 423 g/mol. The molecule has 0 bridgehead atoms. The van der Waals surface area contributed by atoms with Gasteiger partial charge in [0.1, 0.15) is 17.3 Å². The first-order chi connectivity index (χ1) is 14.7. The van der Waals surface area contributed by atoms with Crippen LogP contribution in [0.2, 0.25) is 0 Å². The number of rotatable bonds is 8. The van der Waals surface area contributed by atoms with Crippen molar-refractivity contribution in [3.63, 3.8) is 0 Å². The Hall–Kier alpha value is -3.52. The average molecular weight is 423 g/mol. The summed E-state index contributed by atoms with van der Waals surface area (Å²) in [5.41, 5.74) is 1.82. The lowest BCUT2D eigenvalue weighted by molar-refractivity contribution is -0.121. The van der Waals surface area contributed by atoms with E-state index in [0.29, 0.717) is 36.2 Å². The molecule has 0 aliphatic heterocycles. The molecule has 30 heavy (non-hydrogen) atoms. The van der Waals surface area contributed by atoms with Crippen LogP contribution >= 0.6 is 11.3 Å². The van der Waals surface area contributed by atoms with Crippen molar-refractivity contribution in [2.45, 2.75) is 19.4 Å². The van der Waals surface area contributed by atoms with E-state index < -0.39 is 0 Å². The minimum absolute atomic E-state index is 0.100. The van der Waals surface area contributed by atoms with Crippen LogP contribution in [-0.4, -0.2) is 16.1 Å². The van der Waals surface area contributed by atoms with Gasteiger partial charge in [0.15, 0.2) is 0 Å². The zero-order valence-electron chi connectivity index (χ0n) is 15.9. The fourth-order valence-corrected chi connectivity index (χ4v) is 3.31. The van der Waals surface area contributed by atoms with Crippen molar-refractivity contribution in [1.29, 1.82) is 0 Å². The number of benzene rings is 2. The highest BCUT2D eigenvalue weighted by Crippen LogP contribution is 2.22. The summed E-state index contributed by atoms with van der Waals surface area (Å²) >= 11 is 1.55. The molecule has 4 aromatic rings. The largest absolute Gasteiger partial charge is 0.457 e. The maximum atomic E-state index is 12.9. The number of ether oxygens (including phenoxy) is 1. The number of nitrogens with one attached hydrogen (secondary N) is 1. The molecular formula is C22H18FN3O3S. The number of amides is 1. The Morgan fingerprint density at radius 3 is 2.47 bits per heavy atom. The van der Waals surface area contributed by atoms with Crippen LogP contribution in [0.1, 0.15) is 17.9 Å². The van der Waals surface area contributed by atoms with E-state index in [1.165, 1.54) is 12.1 Å². The molecule has 152 valence electrons. The summed E-state index contributed by atoms with van der Waals surface area (Å²) in [4.78, 5) is 12.1. The molecule has 0 atom stereocenters. The molecule has 0 aliphatic carbocycles. The van der Waals surface area contributed by atoms with Crippen molar-refractivity contribution >= 4 is 17.2 Å². The highest BCUT2D eigenvalue weighted by atomic mass is 32.1. The van der Waals surface area contributed by atoms with Gasteiger partial charge in [0.25, 0.3) is 0 Å². The van der Waals surface area contributed by atoms with Crippen molar-refractivity contribution in [1.82, 2.24) is 15.5 Å². The Labute approximate surface area is 176 Å². The molecule has 8 heteroatoms. The summed E-state index contributed by atoms with van der Waals surface area (Å²) in [7, 11) is 0. The Morgan fingerprint density at radius 2 is 1.77 bits per heavy atom. The van der Waals surface area contributed by atoms with Crippen LogP contribution in [0.25, 0.3) is 11.5 Å². The highest BCUT2D eigenvalue weighted by molar-refractivity contribution is 7.08. The molecule has 1 amide bonds. The molecule has 2 aromatic heterocycles. The molecule has 2 aromatic carbocycles. The summed E-state index contributed by atoms with van der Waals surface area (Å²) in [5.74, 6) is 1.69. The molecule has 0 spiro atoms. The Kier molecular flexibility index (Phi) is 6.14. The molecule has 0 radical (unpaired) electrons. The van der Waals surface area contributed by atoms with Crippen molar-refractivity contribution in [3.05, 3.63) is 82.6 Å². The fourth-order valence-electron chi connectivity index (χ4n) is 2.68. The van der Waals surface area contributed by atoms with Gasteiger partial charge in [-0.25, -0.2) is 4.39 Å². The second-order valence-corrected chi connectivity index (χ2v) is 7.27. The lowest BCUT2D eigenvalue weighted by Gasteiger charge is -2.08. The molecule has 0 saturated heterocycles. The van der Waals surface area contributed by atoms with Crippen LogP contribution in [0.5, 0.6) is 11.5 Å². The molecule has 6 nitrogen and oxygen atoms in total. The fraction of sp³-hybridized carbons (Fsp3) is 0.136. The summed E-state index contributed by atoms with van der Waals surface area (Å²) in [5, 5.41) is 14.7. The summed E-state index contributed by atoms with van der Waals surface area (Å²) in [6, 6.07) is 15.1. The lowest BCUT2D eigenvalue weighted by Crippen LogP contribution is -2.23. The standard InChI is InChI=1S/C22H18FN3O3S/c23-17-3-7-19(8-4-17)28-18-5-1-15(2-6-18)13-24-20(27)9-10-21-25-26-22(29-21)16-11-12-30-14-16/h1-8,11-12,14H,9-10,13H2,(H,24,27). The second-order valence-electron chi connectivity index (χ2n) is 6.49. The van der Waals surface area contributed by atoms with E-state index in [4.69, 9.17) is 9.15 Å². The van der Waals surface area contributed by atoms with Crippen LogP contribution < -0.4 is 10.1 Å². The van der Waals surface area contributed by atoms with Crippen molar-refractivity contribution in [2.75, 3.05) is 0 Å². The molecule has 2 heterocycles. The molecule has 4 rings (SSSR count). The van der Waals surface area contributed by atoms with E-state index in [0.717, 1.165) is 11.1 Å². The van der Waals surface area contributed by atoms with Gasteiger partial charge in [0, 0.05) is 30.3 Å². The highest BCUT2D eigenvalue weighted by Gasteiger charge is 2.11. The summed E-state index contributed by atoms with van der Waals surface area (Å²) in [6.07, 6.45) is 0.643. The number of nitrogens with zero attached hydrogens (tertiary/aromatic N) is 2. The van der Waals surface area contributed by atoms with E-state index in [1.54, 1.807) is 35.6 Å². The van der Waals surface area contributed by atoms with Crippen LogP contribution in [0.15, 0.2) is 69.8 Å². The number of thiophene rings is 1. The number of aryl methyl sites for hydroxylation is 1. The van der Waals surface area contributed by atoms with Gasteiger partial charge in [0.05, 0.1) is 0 Å². The van der Waals surface area contributed by atoms with Gasteiger partial charge in [-0.2, -0.15) is 11.3 Å². The number of aromatic nitrogens is 2. The molecule has 0 unspecified atom stereocenters. The van der Waals surface area contributed by atoms with E-state index >= 15 is 0 Å². The molecule has 0 aliphatic rings. The average Bonchev–Trinajstić information content (AvgIpc) is 3.45. The topological polar surface area (TPSA) is 77.2 Å². The van der Waals surface area contributed by atoms with Gasteiger partial charge in [-0.05, 0) is 53.4 Å². The maximum absolute atomic E-state index is 12.9. The molecule has 1 N–H and O–H groups in total. The lowest BCUT2D eigenvalue weighted by atomic mass is 10.2. The van der Waals surface area contributed by atoms with Gasteiger partial charge in [-0.15, -0.1) is 10.2 Å². The quantitative estimate of drug-likeness (QED) is 0.433. The van der Waals surface area contributed by atoms with Crippen molar-refractivity contribution in [2.24, 2.45) is 0 Å². The minimum atomic E-state index is -0.310. The number of carbonyl (C=O) groups excluding carboxylic acids is 1. The van der Waals surface area contributed by atoms with Gasteiger partial charge >= 0.3 is 0 Å². The van der Waals surface area contributed by atoms with Gasteiger partial charge in [-0.3, -0.25) is 4.79 Å². The Balaban J connectivity index is 1.22. The molecule has 0 saturated carbocycles. The number of hydrogen-bond donors (Lipinski definition) is 1. The predicted molar refractivity (Wildman–Crippen MR) is 111 cm³/mol. The number of halogens is 1. The molecule has 0 fully saturated rings. The SMILES string of the molecule is O=C(CCc1nnc(-c2ccsc2)o1)NCc1ccc(Oc2ccc(F)cc2)cc1. The van der Waals surface area contributed by atoms with Crippen molar-refractivity contribution < 1.29 is 18.3 Å². The van der Waals surface area contributed by atoms with E-state index in [9.17, 15) is 9.18 Å². The van der Waals surface area contributed by atoms with Crippen LogP contribution in [0.3, 0.4) is 0 Å². The van der Waals surface area contributed by atoms with E-state index in [1.807, 2.05) is 29.0 Å². The number of hydrogen-bond acceptors (Lipinski definition) is 6. The first kappa shape index (κ1) is 19.8. The van der Waals surface area contributed by atoms with Crippen LogP contribution in [0.4, 0.5) is 4.39 Å². The van der Waals surface area contributed by atoms with Crippen LogP contribution in [-0.2, 0) is 17.8 Å². The van der Waals surface area contributed by atoms with Crippen LogP contribution in [0, 0.1) is 5.82 Å². The first-order valence-corrected chi connectivity index (χ1v) is 10.2. The zero-order valence-corrected chi connectivity index (χ0v) is 16.7. The van der Waals surface area contributed by atoms with Gasteiger partial charge in [0.2, 0.25) is 17.7 Å². The predicted octanol–water partition coefficient (Wildman–Crippen LogP) is 4.98. The maximum Gasteiger partial charge on any atom is 0.248 e. The Bertz CT molecular complexity index is 1090. The van der Waals surface area contributed by atoms with Gasteiger partial charge < -0.3 is 14.5 Å². The summed E-state index contributed by atoms with van der Waals surface area (Å²) < 4.78 is 24.2. The third kappa shape index (κ3) is 5.30. The third-order valence-corrected chi connectivity index (χ3v) is 4.95. The molecular weight excluding hydrogens is 405 g/mol. The summed E-state index contributed by atoms with van der Waals surface area (Å²) in [6.45, 7) is 0.402. The number of carbonyl (C=O) groups is 1. The first-order valence-electron chi connectivity index (χ1n) is 9.30. The smallest absolute Gasteiger partial charge is 0.248 e. The minimum Gasteiger partial charge on any atom is -0.457 e.